The molecule has 0 fully saturated rings. The van der Waals surface area contributed by atoms with Crippen LogP contribution >= 0.6 is 11.6 Å². The van der Waals surface area contributed by atoms with Gasteiger partial charge in [-0.05, 0) is 47.7 Å². The standard InChI is InChI=1S/C25H27ClF2N4O3/c1-3-4-7-21(32(16(2)33)30-14-18-6-5-8-22(28)24(18)26)15-35-25(34)31-23-12-19-11-20(27)10-9-17(19)13-29-23/h5-6,8-13,21,30H,3-4,7,14-15H2,1-2H3,(H,29,31,34)/t21-/m0/s1. The third-order valence-electron chi connectivity index (χ3n) is 5.39. The summed E-state index contributed by atoms with van der Waals surface area (Å²) in [5.41, 5.74) is 3.47. The molecule has 7 nitrogen and oxygen atoms in total. The molecular formula is C25H27ClF2N4O3. The molecule has 3 rings (SSSR count). The Kier molecular flexibility index (Phi) is 9.33. The minimum absolute atomic E-state index is 0.0213. The van der Waals surface area contributed by atoms with Crippen molar-refractivity contribution in [2.45, 2.75) is 45.7 Å². The lowest BCUT2D eigenvalue weighted by molar-refractivity contribution is -0.136. The van der Waals surface area contributed by atoms with Crippen molar-refractivity contribution < 1.29 is 23.1 Å². The lowest BCUT2D eigenvalue weighted by Crippen LogP contribution is -2.50. The van der Waals surface area contributed by atoms with Crippen molar-refractivity contribution in [1.29, 1.82) is 0 Å². The molecule has 10 heteroatoms. The molecule has 0 bridgehead atoms. The summed E-state index contributed by atoms with van der Waals surface area (Å²) in [4.78, 5) is 28.9. The van der Waals surface area contributed by atoms with Crippen LogP contribution in [0.4, 0.5) is 19.4 Å². The Hall–Kier alpha value is -3.30. The highest BCUT2D eigenvalue weighted by atomic mass is 35.5. The summed E-state index contributed by atoms with van der Waals surface area (Å²) in [6.07, 6.45) is 3.00. The van der Waals surface area contributed by atoms with Crippen molar-refractivity contribution in [2.75, 3.05) is 11.9 Å². The van der Waals surface area contributed by atoms with Gasteiger partial charge in [0.15, 0.2) is 0 Å². The van der Waals surface area contributed by atoms with Gasteiger partial charge in [-0.3, -0.25) is 15.1 Å². The van der Waals surface area contributed by atoms with Gasteiger partial charge in [0.05, 0.1) is 11.1 Å². The van der Waals surface area contributed by atoms with Crippen molar-refractivity contribution in [2.24, 2.45) is 0 Å². The van der Waals surface area contributed by atoms with Crippen LogP contribution in [0, 0.1) is 11.6 Å². The lowest BCUT2D eigenvalue weighted by Gasteiger charge is -2.31. The molecular weight excluding hydrogens is 478 g/mol. The van der Waals surface area contributed by atoms with Gasteiger partial charge in [-0.15, -0.1) is 0 Å². The van der Waals surface area contributed by atoms with E-state index in [1.807, 2.05) is 6.92 Å². The van der Waals surface area contributed by atoms with E-state index in [4.69, 9.17) is 16.3 Å². The molecule has 2 N–H and O–H groups in total. The Balaban J connectivity index is 1.65. The average Bonchev–Trinajstić information content (AvgIpc) is 2.82. The summed E-state index contributed by atoms with van der Waals surface area (Å²) in [5.74, 6) is -1.03. The number of amides is 2. The molecule has 0 saturated carbocycles. The first-order valence-corrected chi connectivity index (χ1v) is 11.6. The molecule has 2 aromatic carbocycles. The second-order valence-corrected chi connectivity index (χ2v) is 8.40. The van der Waals surface area contributed by atoms with Crippen molar-refractivity contribution in [3.63, 3.8) is 0 Å². The Bertz CT molecular complexity index is 1190. The van der Waals surface area contributed by atoms with E-state index < -0.39 is 23.8 Å². The minimum Gasteiger partial charge on any atom is -0.447 e. The van der Waals surface area contributed by atoms with E-state index in [2.05, 4.69) is 15.7 Å². The van der Waals surface area contributed by atoms with Crippen LogP contribution in [0.1, 0.15) is 38.7 Å². The molecule has 1 aromatic heterocycles. The maximum Gasteiger partial charge on any atom is 0.412 e. The third-order valence-corrected chi connectivity index (χ3v) is 5.81. The predicted octanol–water partition coefficient (Wildman–Crippen LogP) is 5.83. The van der Waals surface area contributed by atoms with Gasteiger partial charge in [0.2, 0.25) is 5.91 Å². The summed E-state index contributed by atoms with van der Waals surface area (Å²) in [7, 11) is 0. The average molecular weight is 505 g/mol. The summed E-state index contributed by atoms with van der Waals surface area (Å²) in [6, 6.07) is 9.79. The molecule has 2 amide bonds. The van der Waals surface area contributed by atoms with E-state index in [-0.39, 0.29) is 29.9 Å². The van der Waals surface area contributed by atoms with Crippen LogP contribution in [0.3, 0.4) is 0 Å². The summed E-state index contributed by atoms with van der Waals surface area (Å²) >= 11 is 6.02. The number of nitrogens with zero attached hydrogens (tertiary/aromatic N) is 2. The number of hydrogen-bond donors (Lipinski definition) is 2. The van der Waals surface area contributed by atoms with E-state index >= 15 is 0 Å². The van der Waals surface area contributed by atoms with E-state index in [1.165, 1.54) is 42.4 Å². The van der Waals surface area contributed by atoms with Crippen LogP contribution in [0.5, 0.6) is 0 Å². The Morgan fingerprint density at radius 1 is 1.17 bits per heavy atom. The molecule has 35 heavy (non-hydrogen) atoms. The number of pyridine rings is 1. The fourth-order valence-electron chi connectivity index (χ4n) is 3.57. The zero-order valence-electron chi connectivity index (χ0n) is 19.5. The second kappa shape index (κ2) is 12.4. The maximum atomic E-state index is 13.8. The molecule has 0 saturated heterocycles. The molecule has 0 unspecified atom stereocenters. The smallest absolute Gasteiger partial charge is 0.412 e. The monoisotopic (exact) mass is 504 g/mol. The van der Waals surface area contributed by atoms with E-state index in [0.29, 0.717) is 17.4 Å². The van der Waals surface area contributed by atoms with Gasteiger partial charge >= 0.3 is 6.09 Å². The SMILES string of the molecule is CCCC[C@@H](COC(=O)Nc1cc2cc(F)ccc2cn1)N(NCc1cccc(F)c1Cl)C(C)=O. The number of fused-ring (bicyclic) bond motifs is 1. The van der Waals surface area contributed by atoms with Crippen LogP contribution in [0.2, 0.25) is 5.02 Å². The highest BCUT2D eigenvalue weighted by Crippen LogP contribution is 2.20. The van der Waals surface area contributed by atoms with Crippen molar-refractivity contribution in [3.8, 4) is 0 Å². The number of hydrazine groups is 1. The van der Waals surface area contributed by atoms with Crippen LogP contribution in [0.15, 0.2) is 48.7 Å². The van der Waals surface area contributed by atoms with E-state index in [9.17, 15) is 18.4 Å². The number of hydrogen-bond acceptors (Lipinski definition) is 5. The predicted molar refractivity (Wildman–Crippen MR) is 131 cm³/mol. The van der Waals surface area contributed by atoms with Gasteiger partial charge in [-0.25, -0.2) is 24.0 Å². The van der Waals surface area contributed by atoms with Gasteiger partial charge in [0, 0.05) is 25.1 Å². The van der Waals surface area contributed by atoms with Gasteiger partial charge in [-0.2, -0.15) is 0 Å². The maximum absolute atomic E-state index is 13.8. The fourth-order valence-corrected chi connectivity index (χ4v) is 3.77. The molecule has 1 atom stereocenters. The van der Waals surface area contributed by atoms with Gasteiger partial charge in [-0.1, -0.05) is 43.5 Å². The van der Waals surface area contributed by atoms with Crippen LogP contribution in [-0.4, -0.2) is 34.6 Å². The summed E-state index contributed by atoms with van der Waals surface area (Å²) in [5, 5.41) is 5.19. The topological polar surface area (TPSA) is 83.6 Å². The molecule has 0 spiro atoms. The molecule has 0 aliphatic heterocycles. The molecule has 186 valence electrons. The van der Waals surface area contributed by atoms with Crippen LogP contribution in [-0.2, 0) is 16.1 Å². The van der Waals surface area contributed by atoms with E-state index in [0.717, 1.165) is 18.2 Å². The Morgan fingerprint density at radius 2 is 1.97 bits per heavy atom. The quantitative estimate of drug-likeness (QED) is 0.339. The molecule has 0 aliphatic rings. The van der Waals surface area contributed by atoms with Crippen molar-refractivity contribution in [1.82, 2.24) is 15.4 Å². The highest BCUT2D eigenvalue weighted by molar-refractivity contribution is 6.31. The van der Waals surface area contributed by atoms with Crippen molar-refractivity contribution >= 4 is 40.2 Å². The number of nitrogens with one attached hydrogen (secondary N) is 2. The van der Waals surface area contributed by atoms with Gasteiger partial charge in [0.25, 0.3) is 0 Å². The first-order chi connectivity index (χ1) is 16.8. The number of benzene rings is 2. The number of rotatable bonds is 10. The van der Waals surface area contributed by atoms with Crippen molar-refractivity contribution in [3.05, 3.63) is 70.9 Å². The lowest BCUT2D eigenvalue weighted by atomic mass is 10.1. The van der Waals surface area contributed by atoms with Crippen LogP contribution < -0.4 is 10.7 Å². The molecule has 1 heterocycles. The number of aromatic nitrogens is 1. The third kappa shape index (κ3) is 7.34. The van der Waals surface area contributed by atoms with Crippen LogP contribution in [0.25, 0.3) is 10.8 Å². The first kappa shape index (κ1) is 26.3. The number of carbonyl (C=O) groups is 2. The fraction of sp³-hybridized carbons (Fsp3) is 0.320. The molecule has 0 aliphatic carbocycles. The Morgan fingerprint density at radius 3 is 2.71 bits per heavy atom. The number of halogens is 3. The zero-order chi connectivity index (χ0) is 25.4. The first-order valence-electron chi connectivity index (χ1n) is 11.2. The number of unbranched alkanes of at least 4 members (excludes halogenated alkanes) is 1. The zero-order valence-corrected chi connectivity index (χ0v) is 20.2. The minimum atomic E-state index is -0.758. The number of ether oxygens (including phenoxy) is 1. The molecule has 3 aromatic rings. The summed E-state index contributed by atoms with van der Waals surface area (Å²) < 4.78 is 32.6. The second-order valence-electron chi connectivity index (χ2n) is 8.02. The number of carbonyl (C=O) groups excluding carboxylic acids is 2. The largest absolute Gasteiger partial charge is 0.447 e. The summed E-state index contributed by atoms with van der Waals surface area (Å²) in [6.45, 7) is 3.42. The van der Waals surface area contributed by atoms with E-state index in [1.54, 1.807) is 18.2 Å². The Labute approximate surface area is 207 Å². The van der Waals surface area contributed by atoms with Gasteiger partial charge in [0.1, 0.15) is 24.1 Å². The van der Waals surface area contributed by atoms with Gasteiger partial charge < -0.3 is 4.74 Å². The normalized spacial score (nSPS) is 11.8. The highest BCUT2D eigenvalue weighted by Gasteiger charge is 2.23. The molecule has 0 radical (unpaired) electrons. The number of anilines is 1.